The molecule has 3 rings (SSSR count). The average molecular weight is 1300 g/mol. The zero-order valence-electron chi connectivity index (χ0n) is 61.0. The molecule has 0 bridgehead atoms. The number of ether oxygens (including phenoxy) is 6. The third-order valence-electron chi connectivity index (χ3n) is 20.4. The largest absolute Gasteiger partial charge is 0.463 e. The summed E-state index contributed by atoms with van der Waals surface area (Å²) >= 11 is 0. The predicted molar refractivity (Wildman–Crippen MR) is 374 cm³/mol. The first-order valence-electron chi connectivity index (χ1n) is 36.9. The van der Waals surface area contributed by atoms with Crippen molar-refractivity contribution in [1.29, 1.82) is 0 Å². The SMILES string of the molecule is CCCCCCCCCC[C@@H]1C[C@@H]1CCCC/C=C\CC[C@@H](O[Si](C)(C)C(C)(C)C)C(=O)N[C@@H](CO[C@@H]1O[C@H](COC(C)=O)[C@H](OC(C)=O)[C@H](OC(C)=O)[C@H]1OCC=C(C)C)[C@@H](CCCCCCC[C@@H]1C[C@@H]1CCCCCCCCCC)O[Si](C)(C)C(C)(C)C. The minimum Gasteiger partial charge on any atom is -0.463 e. The molecule has 0 aromatic rings. The van der Waals surface area contributed by atoms with Gasteiger partial charge in [0.15, 0.2) is 35.1 Å². The molecule has 12 atom stereocenters. The Morgan fingerprint density at radius 1 is 0.522 bits per heavy atom. The normalized spacial score (nSPS) is 23.1. The zero-order valence-corrected chi connectivity index (χ0v) is 63.0. The summed E-state index contributed by atoms with van der Waals surface area (Å²) in [5, 5.41) is 3.22. The summed E-state index contributed by atoms with van der Waals surface area (Å²) in [6.07, 6.45) is 40.8. The van der Waals surface area contributed by atoms with E-state index in [9.17, 15) is 14.4 Å². The lowest BCUT2D eigenvalue weighted by atomic mass is 9.98. The molecule has 1 N–H and O–H groups in total. The highest BCUT2D eigenvalue weighted by molar-refractivity contribution is 6.74. The monoisotopic (exact) mass is 1300 g/mol. The van der Waals surface area contributed by atoms with Crippen molar-refractivity contribution < 1.29 is 56.5 Å². The van der Waals surface area contributed by atoms with Gasteiger partial charge in [-0.15, -0.1) is 0 Å². The van der Waals surface area contributed by atoms with Gasteiger partial charge < -0.3 is 42.6 Å². The molecule has 90 heavy (non-hydrogen) atoms. The summed E-state index contributed by atoms with van der Waals surface area (Å²) in [5.74, 6) is 1.67. The van der Waals surface area contributed by atoms with Crippen LogP contribution in [0.4, 0.5) is 0 Å². The van der Waals surface area contributed by atoms with Gasteiger partial charge in [0, 0.05) is 20.8 Å². The Morgan fingerprint density at radius 2 is 0.967 bits per heavy atom. The number of nitrogens with one attached hydrogen (secondary N) is 1. The van der Waals surface area contributed by atoms with Crippen LogP contribution in [0.15, 0.2) is 23.8 Å². The third-order valence-corrected chi connectivity index (χ3v) is 29.4. The molecule has 3 fully saturated rings. The highest BCUT2D eigenvalue weighted by Gasteiger charge is 2.52. The second-order valence-electron chi connectivity index (χ2n) is 31.0. The van der Waals surface area contributed by atoms with Crippen molar-refractivity contribution in [3.8, 4) is 0 Å². The van der Waals surface area contributed by atoms with Crippen molar-refractivity contribution in [3.05, 3.63) is 23.8 Å². The van der Waals surface area contributed by atoms with Crippen molar-refractivity contribution in [2.45, 2.75) is 387 Å². The number of rotatable bonds is 51. The molecule has 15 heteroatoms. The summed E-state index contributed by atoms with van der Waals surface area (Å²) < 4.78 is 51.9. The number of hydrogen-bond donors (Lipinski definition) is 1. The molecule has 13 nitrogen and oxygen atoms in total. The first-order chi connectivity index (χ1) is 42.6. The standard InChI is InChI=1S/C75H139NO12Si2/c1-18-20-22-24-26-28-33-39-45-61-53-63(61)47-41-35-30-31-37-44-50-67(88-90(16,17)75(11,12)13)72(80)76-65(55-83-73-71(81-52-51-57(3)4)70(85-60(7)79)69(84-59(6)78)68(86-73)56-82-58(5)77)66(87-89(14,15)74(8,9)10)49-43-38-32-36-42-48-64-54-62(64)46-40-34-29-27-25-23-21-19-2/h31,37,51,61-71,73H,18-30,32-36,38-50,52-56H2,1-17H3,(H,76,80)/b37-31-/t61-,62+,63+,64-,65+,66-,67-,68-,69+,70+,71-,73-/m1/s1. The van der Waals surface area contributed by atoms with Gasteiger partial charge in [-0.2, -0.15) is 0 Å². The first-order valence-corrected chi connectivity index (χ1v) is 42.7. The average Bonchev–Trinajstić information content (AvgIpc) is 1.12. The molecular weight excluding hydrogens is 1160 g/mol. The highest BCUT2D eigenvalue weighted by Crippen LogP contribution is 2.47. The molecule has 0 spiro atoms. The van der Waals surface area contributed by atoms with Crippen LogP contribution in [0.2, 0.25) is 36.3 Å². The summed E-state index contributed by atoms with van der Waals surface area (Å²) in [6.45, 7) is 34.3. The maximum Gasteiger partial charge on any atom is 0.303 e. The summed E-state index contributed by atoms with van der Waals surface area (Å²) in [5.41, 5.74) is 0.998. The number of carbonyl (C=O) groups is 4. The van der Waals surface area contributed by atoms with Gasteiger partial charge in [0.1, 0.15) is 24.9 Å². The van der Waals surface area contributed by atoms with Crippen LogP contribution >= 0.6 is 0 Å². The van der Waals surface area contributed by atoms with Gasteiger partial charge in [-0.1, -0.05) is 246 Å². The highest BCUT2D eigenvalue weighted by atomic mass is 28.4. The molecular formula is C75H139NO12Si2. The van der Waals surface area contributed by atoms with Gasteiger partial charge in [-0.25, -0.2) is 0 Å². The number of allylic oxidation sites excluding steroid dienone is 3. The van der Waals surface area contributed by atoms with E-state index in [2.05, 4.69) is 99.0 Å². The van der Waals surface area contributed by atoms with E-state index >= 15 is 4.79 Å². The van der Waals surface area contributed by atoms with E-state index in [1.165, 1.54) is 188 Å². The first kappa shape index (κ1) is 81.8. The minimum absolute atomic E-state index is 0.0709. The predicted octanol–water partition coefficient (Wildman–Crippen LogP) is 19.7. The van der Waals surface area contributed by atoms with Crippen molar-refractivity contribution >= 4 is 40.4 Å². The van der Waals surface area contributed by atoms with Gasteiger partial charge in [0.25, 0.3) is 0 Å². The second kappa shape index (κ2) is 43.6. The molecule has 2 aliphatic carbocycles. The van der Waals surface area contributed by atoms with Crippen LogP contribution in [0.3, 0.4) is 0 Å². The smallest absolute Gasteiger partial charge is 0.303 e. The lowest BCUT2D eigenvalue weighted by Gasteiger charge is -2.45. The lowest BCUT2D eigenvalue weighted by Crippen LogP contribution is -2.63. The molecule has 0 aromatic carbocycles. The van der Waals surface area contributed by atoms with Gasteiger partial charge in [0.05, 0.1) is 25.4 Å². The lowest BCUT2D eigenvalue weighted by molar-refractivity contribution is -0.313. The number of carbonyl (C=O) groups excluding carboxylic acids is 4. The van der Waals surface area contributed by atoms with Crippen LogP contribution in [0, 0.1) is 23.7 Å². The van der Waals surface area contributed by atoms with Gasteiger partial charge in [-0.3, -0.25) is 19.2 Å². The fourth-order valence-corrected chi connectivity index (χ4v) is 15.1. The number of esters is 3. The van der Waals surface area contributed by atoms with Crippen LogP contribution in [0.1, 0.15) is 302 Å². The molecule has 1 amide bonds. The molecule has 1 aliphatic heterocycles. The molecule has 3 aliphatic rings. The second-order valence-corrected chi connectivity index (χ2v) is 40.5. The minimum atomic E-state index is -2.50. The molecule has 524 valence electrons. The molecule has 0 unspecified atom stereocenters. The molecule has 2 saturated carbocycles. The van der Waals surface area contributed by atoms with Crippen LogP contribution in [0.5, 0.6) is 0 Å². The van der Waals surface area contributed by atoms with E-state index in [1.54, 1.807) is 0 Å². The van der Waals surface area contributed by atoms with Gasteiger partial charge in [0.2, 0.25) is 5.91 Å². The summed E-state index contributed by atoms with van der Waals surface area (Å²) in [6, 6.07) is -0.681. The van der Waals surface area contributed by atoms with Crippen LogP contribution in [-0.4, -0.2) is 109 Å². The Balaban J connectivity index is 1.89. The van der Waals surface area contributed by atoms with Gasteiger partial charge in [-0.05, 0) is 119 Å². The van der Waals surface area contributed by atoms with Crippen molar-refractivity contribution in [1.82, 2.24) is 5.32 Å². The van der Waals surface area contributed by atoms with Crippen LogP contribution in [-0.2, 0) is 56.5 Å². The maximum atomic E-state index is 15.4. The van der Waals surface area contributed by atoms with E-state index in [1.807, 2.05) is 19.9 Å². The fourth-order valence-electron chi connectivity index (χ4n) is 12.4. The van der Waals surface area contributed by atoms with E-state index in [0.29, 0.717) is 19.3 Å². The molecule has 1 heterocycles. The number of unbranched alkanes of at least 4 members (excludes halogenated alkanes) is 20. The summed E-state index contributed by atoms with van der Waals surface area (Å²) in [4.78, 5) is 53.4. The van der Waals surface area contributed by atoms with Crippen molar-refractivity contribution in [3.63, 3.8) is 0 Å². The molecule has 1 saturated heterocycles. The molecule has 0 aromatic heterocycles. The van der Waals surface area contributed by atoms with Crippen molar-refractivity contribution in [2.24, 2.45) is 23.7 Å². The summed E-state index contributed by atoms with van der Waals surface area (Å²) in [7, 11) is -4.98. The Morgan fingerprint density at radius 3 is 1.43 bits per heavy atom. The number of hydrogen-bond acceptors (Lipinski definition) is 12. The third kappa shape index (κ3) is 33.8. The van der Waals surface area contributed by atoms with E-state index in [4.69, 9.17) is 37.3 Å². The van der Waals surface area contributed by atoms with E-state index < -0.39 is 83.5 Å². The number of amides is 1. The van der Waals surface area contributed by atoms with E-state index in [-0.39, 0.29) is 35.8 Å². The van der Waals surface area contributed by atoms with Crippen LogP contribution in [0.25, 0.3) is 0 Å². The topological polar surface area (TPSA) is 154 Å². The Bertz CT molecular complexity index is 2050. The van der Waals surface area contributed by atoms with Gasteiger partial charge >= 0.3 is 17.9 Å². The Labute approximate surface area is 553 Å². The zero-order chi connectivity index (χ0) is 66.8. The maximum absolute atomic E-state index is 15.4. The van der Waals surface area contributed by atoms with Crippen molar-refractivity contribution in [2.75, 3.05) is 19.8 Å². The van der Waals surface area contributed by atoms with E-state index in [0.717, 1.165) is 54.9 Å². The Kier molecular flexibility index (Phi) is 39.7. The quantitative estimate of drug-likeness (QED) is 0.0203. The van der Waals surface area contributed by atoms with Crippen LogP contribution < -0.4 is 5.32 Å². The molecule has 0 radical (unpaired) electrons. The fraction of sp³-hybridized carbons (Fsp3) is 0.893. The Hall–Kier alpha value is -2.41.